The molecule has 0 bridgehead atoms. The van der Waals surface area contributed by atoms with Gasteiger partial charge in [-0.1, -0.05) is 55.3 Å². The van der Waals surface area contributed by atoms with E-state index in [4.69, 9.17) is 4.74 Å². The number of carbonyl (C=O) groups excluding carboxylic acids is 2. The molecular weight excluding hydrogens is 372 g/mol. The van der Waals surface area contributed by atoms with Crippen molar-refractivity contribution in [2.45, 2.75) is 49.4 Å². The summed E-state index contributed by atoms with van der Waals surface area (Å²) in [4.78, 5) is 27.1. The highest BCUT2D eigenvalue weighted by Crippen LogP contribution is 2.35. The SMILES string of the molecule is COC(=O)C(C/C=C/c1ccccc1)NC(=O)CN1CCSC2CCCCC21. The predicted octanol–water partition coefficient (Wildman–Crippen LogP) is 3.11. The van der Waals surface area contributed by atoms with Crippen molar-refractivity contribution in [3.63, 3.8) is 0 Å². The second-order valence-electron chi connectivity index (χ2n) is 7.42. The van der Waals surface area contributed by atoms with Crippen LogP contribution in [0.15, 0.2) is 36.4 Å². The Kier molecular flexibility index (Phi) is 7.98. The molecule has 1 aliphatic carbocycles. The molecule has 1 aliphatic heterocycles. The summed E-state index contributed by atoms with van der Waals surface area (Å²) in [6, 6.07) is 9.73. The summed E-state index contributed by atoms with van der Waals surface area (Å²) in [5.74, 6) is 0.574. The van der Waals surface area contributed by atoms with E-state index in [2.05, 4.69) is 22.0 Å². The van der Waals surface area contributed by atoms with E-state index < -0.39 is 12.0 Å². The van der Waals surface area contributed by atoms with Crippen LogP contribution in [-0.2, 0) is 14.3 Å². The molecule has 6 heteroatoms. The van der Waals surface area contributed by atoms with E-state index in [1.165, 1.54) is 32.8 Å². The highest BCUT2D eigenvalue weighted by molar-refractivity contribution is 8.00. The Labute approximate surface area is 171 Å². The van der Waals surface area contributed by atoms with E-state index >= 15 is 0 Å². The Morgan fingerprint density at radius 2 is 2.07 bits per heavy atom. The molecule has 1 N–H and O–H groups in total. The summed E-state index contributed by atoms with van der Waals surface area (Å²) in [7, 11) is 1.36. The molecule has 28 heavy (non-hydrogen) atoms. The fourth-order valence-corrected chi connectivity index (χ4v) is 5.56. The second-order valence-corrected chi connectivity index (χ2v) is 8.77. The molecule has 5 nitrogen and oxygen atoms in total. The molecule has 0 aromatic heterocycles. The molecule has 1 aromatic carbocycles. The van der Waals surface area contributed by atoms with Crippen LogP contribution in [0.25, 0.3) is 6.08 Å². The van der Waals surface area contributed by atoms with Crippen molar-refractivity contribution in [2.75, 3.05) is 26.0 Å². The number of benzene rings is 1. The molecule has 0 spiro atoms. The lowest BCUT2D eigenvalue weighted by Gasteiger charge is -2.43. The fourth-order valence-electron chi connectivity index (χ4n) is 4.06. The minimum absolute atomic E-state index is 0.0975. The number of nitrogens with one attached hydrogen (secondary N) is 1. The van der Waals surface area contributed by atoms with Crippen LogP contribution < -0.4 is 5.32 Å². The van der Waals surface area contributed by atoms with E-state index in [0.717, 1.165) is 17.9 Å². The van der Waals surface area contributed by atoms with Crippen LogP contribution >= 0.6 is 11.8 Å². The quantitative estimate of drug-likeness (QED) is 0.710. The summed E-state index contributed by atoms with van der Waals surface area (Å²) in [5.41, 5.74) is 1.06. The molecule has 3 rings (SSSR count). The van der Waals surface area contributed by atoms with Gasteiger partial charge in [0.1, 0.15) is 6.04 Å². The highest BCUT2D eigenvalue weighted by atomic mass is 32.2. The Morgan fingerprint density at radius 3 is 2.86 bits per heavy atom. The molecule has 1 saturated heterocycles. The Morgan fingerprint density at radius 1 is 1.29 bits per heavy atom. The van der Waals surface area contributed by atoms with Gasteiger partial charge in [-0.3, -0.25) is 9.69 Å². The van der Waals surface area contributed by atoms with Crippen LogP contribution in [0.1, 0.15) is 37.7 Å². The average Bonchev–Trinajstić information content (AvgIpc) is 2.73. The van der Waals surface area contributed by atoms with Crippen molar-refractivity contribution in [1.82, 2.24) is 10.2 Å². The van der Waals surface area contributed by atoms with E-state index in [0.29, 0.717) is 24.3 Å². The number of amides is 1. The molecular formula is C22H30N2O3S. The first kappa shape index (κ1) is 20.9. The van der Waals surface area contributed by atoms with Crippen LogP contribution in [0, 0.1) is 0 Å². The van der Waals surface area contributed by atoms with E-state index in [1.807, 2.05) is 42.5 Å². The van der Waals surface area contributed by atoms with Crippen molar-refractivity contribution >= 4 is 29.7 Å². The van der Waals surface area contributed by atoms with Crippen molar-refractivity contribution in [1.29, 1.82) is 0 Å². The third-order valence-corrected chi connectivity index (χ3v) is 6.89. The molecule has 152 valence electrons. The van der Waals surface area contributed by atoms with E-state index in [1.54, 1.807) is 0 Å². The van der Waals surface area contributed by atoms with E-state index in [-0.39, 0.29) is 5.91 Å². The maximum Gasteiger partial charge on any atom is 0.328 e. The minimum Gasteiger partial charge on any atom is -0.467 e. The van der Waals surface area contributed by atoms with Gasteiger partial charge in [0.2, 0.25) is 5.91 Å². The van der Waals surface area contributed by atoms with Gasteiger partial charge in [-0.25, -0.2) is 4.79 Å². The van der Waals surface area contributed by atoms with Gasteiger partial charge in [0.05, 0.1) is 13.7 Å². The van der Waals surface area contributed by atoms with Crippen LogP contribution in [0.5, 0.6) is 0 Å². The third-order valence-electron chi connectivity index (χ3n) is 5.50. The van der Waals surface area contributed by atoms with Gasteiger partial charge < -0.3 is 10.1 Å². The van der Waals surface area contributed by atoms with Gasteiger partial charge in [-0.2, -0.15) is 11.8 Å². The van der Waals surface area contributed by atoms with Crippen LogP contribution in [-0.4, -0.2) is 60.1 Å². The molecule has 2 aliphatic rings. The largest absolute Gasteiger partial charge is 0.467 e. The van der Waals surface area contributed by atoms with Gasteiger partial charge in [-0.05, 0) is 24.8 Å². The molecule has 1 heterocycles. The van der Waals surface area contributed by atoms with Gasteiger partial charge in [-0.15, -0.1) is 0 Å². The molecule has 1 aromatic rings. The summed E-state index contributed by atoms with van der Waals surface area (Å²) in [6.07, 6.45) is 9.24. The number of methoxy groups -OCH3 is 1. The highest BCUT2D eigenvalue weighted by Gasteiger charge is 2.34. The van der Waals surface area contributed by atoms with Crippen molar-refractivity contribution in [3.05, 3.63) is 42.0 Å². The maximum atomic E-state index is 12.7. The maximum absolute atomic E-state index is 12.7. The molecule has 3 atom stereocenters. The zero-order valence-corrected chi connectivity index (χ0v) is 17.3. The molecule has 1 amide bonds. The smallest absolute Gasteiger partial charge is 0.328 e. The predicted molar refractivity (Wildman–Crippen MR) is 114 cm³/mol. The molecule has 3 unspecified atom stereocenters. The number of carbonyl (C=O) groups is 2. The summed E-state index contributed by atoms with van der Waals surface area (Å²) in [5, 5.41) is 3.54. The fraction of sp³-hybridized carbons (Fsp3) is 0.545. The minimum atomic E-state index is -0.654. The van der Waals surface area contributed by atoms with Crippen molar-refractivity contribution in [2.24, 2.45) is 0 Å². The average molecular weight is 403 g/mol. The van der Waals surface area contributed by atoms with Crippen molar-refractivity contribution in [3.8, 4) is 0 Å². The second kappa shape index (κ2) is 10.7. The summed E-state index contributed by atoms with van der Waals surface area (Å²) >= 11 is 2.05. The number of esters is 1. The van der Waals surface area contributed by atoms with Crippen LogP contribution in [0.2, 0.25) is 0 Å². The zero-order valence-electron chi connectivity index (χ0n) is 16.5. The lowest BCUT2D eigenvalue weighted by Crippen LogP contribution is -2.53. The monoisotopic (exact) mass is 402 g/mol. The number of thioether (sulfide) groups is 1. The Balaban J connectivity index is 1.55. The topological polar surface area (TPSA) is 58.6 Å². The molecule has 1 saturated carbocycles. The van der Waals surface area contributed by atoms with Crippen LogP contribution in [0.3, 0.4) is 0 Å². The molecule has 0 radical (unpaired) electrons. The first-order valence-electron chi connectivity index (χ1n) is 10.1. The van der Waals surface area contributed by atoms with Crippen LogP contribution in [0.4, 0.5) is 0 Å². The number of fused-ring (bicyclic) bond motifs is 1. The van der Waals surface area contributed by atoms with Gasteiger partial charge in [0, 0.05) is 23.6 Å². The van der Waals surface area contributed by atoms with Gasteiger partial charge >= 0.3 is 5.97 Å². The number of nitrogens with zero attached hydrogens (tertiary/aromatic N) is 1. The van der Waals surface area contributed by atoms with Gasteiger partial charge in [0.25, 0.3) is 0 Å². The summed E-state index contributed by atoms with van der Waals surface area (Å²) in [6.45, 7) is 1.30. The summed E-state index contributed by atoms with van der Waals surface area (Å²) < 4.78 is 4.89. The standard InChI is InChI=1S/C22H30N2O3S/c1-27-22(26)18(11-7-10-17-8-3-2-4-9-17)23-21(25)16-24-14-15-28-20-13-6-5-12-19(20)24/h2-4,7-10,18-20H,5-6,11-16H2,1H3,(H,23,25)/b10-7+. The normalized spacial score (nSPS) is 23.8. The van der Waals surface area contributed by atoms with E-state index in [9.17, 15) is 9.59 Å². The first-order chi connectivity index (χ1) is 13.7. The Bertz CT molecular complexity index is 678. The molecule has 2 fully saturated rings. The number of hydrogen-bond donors (Lipinski definition) is 1. The number of hydrogen-bond acceptors (Lipinski definition) is 5. The zero-order chi connectivity index (χ0) is 19.8. The Hall–Kier alpha value is -1.79. The number of rotatable bonds is 7. The lowest BCUT2D eigenvalue weighted by molar-refractivity contribution is -0.145. The third kappa shape index (κ3) is 5.85. The number of ether oxygens (including phenoxy) is 1. The van der Waals surface area contributed by atoms with Gasteiger partial charge in [0.15, 0.2) is 0 Å². The first-order valence-corrected chi connectivity index (χ1v) is 11.2. The lowest BCUT2D eigenvalue weighted by atomic mass is 9.93. The van der Waals surface area contributed by atoms with Crippen molar-refractivity contribution < 1.29 is 14.3 Å².